The molecule has 0 saturated carbocycles. The first-order valence-electron chi connectivity index (χ1n) is 4.60. The van der Waals surface area contributed by atoms with Gasteiger partial charge in [-0.05, 0) is 17.7 Å². The Bertz CT molecular complexity index is 368. The van der Waals surface area contributed by atoms with E-state index in [1.54, 1.807) is 31.4 Å². The van der Waals surface area contributed by atoms with Gasteiger partial charge in [0.15, 0.2) is 0 Å². The fraction of sp³-hybridized carbons (Fsp3) is 0.273. The SMILES string of the molecule is COc1ccc(COC(=O)CC([O])=O)cc1. The molecule has 85 valence electrons. The molecule has 0 saturated heterocycles. The van der Waals surface area contributed by atoms with Crippen molar-refractivity contribution in [2.75, 3.05) is 7.11 Å². The number of rotatable bonds is 5. The van der Waals surface area contributed by atoms with Crippen molar-refractivity contribution in [3.8, 4) is 5.75 Å². The van der Waals surface area contributed by atoms with Gasteiger partial charge in [-0.25, -0.2) is 9.90 Å². The van der Waals surface area contributed by atoms with Gasteiger partial charge in [0, 0.05) is 0 Å². The lowest BCUT2D eigenvalue weighted by atomic mass is 10.2. The summed E-state index contributed by atoms with van der Waals surface area (Å²) in [6, 6.07) is 6.90. The lowest BCUT2D eigenvalue weighted by Gasteiger charge is -2.04. The molecule has 0 aliphatic rings. The Labute approximate surface area is 92.6 Å². The van der Waals surface area contributed by atoms with Gasteiger partial charge in [0.1, 0.15) is 18.8 Å². The van der Waals surface area contributed by atoms with Crippen LogP contribution in [0.5, 0.6) is 5.75 Å². The van der Waals surface area contributed by atoms with Crippen LogP contribution in [0.25, 0.3) is 0 Å². The quantitative estimate of drug-likeness (QED) is 0.553. The predicted octanol–water partition coefficient (Wildman–Crippen LogP) is 1.09. The maximum atomic E-state index is 10.9. The van der Waals surface area contributed by atoms with Crippen molar-refractivity contribution in [2.24, 2.45) is 0 Å². The molecular weight excluding hydrogens is 212 g/mol. The van der Waals surface area contributed by atoms with Gasteiger partial charge in [0.05, 0.1) is 7.11 Å². The van der Waals surface area contributed by atoms with Crippen LogP contribution in [0.1, 0.15) is 12.0 Å². The second-order valence-electron chi connectivity index (χ2n) is 3.06. The summed E-state index contributed by atoms with van der Waals surface area (Å²) in [5, 5.41) is 10.1. The van der Waals surface area contributed by atoms with Crippen LogP contribution in [0.2, 0.25) is 0 Å². The average molecular weight is 223 g/mol. The van der Waals surface area contributed by atoms with Gasteiger partial charge < -0.3 is 9.47 Å². The first kappa shape index (κ1) is 12.0. The third-order valence-electron chi connectivity index (χ3n) is 1.85. The highest BCUT2D eigenvalue weighted by atomic mass is 16.5. The van der Waals surface area contributed by atoms with Crippen molar-refractivity contribution in [1.29, 1.82) is 0 Å². The van der Waals surface area contributed by atoms with Crippen molar-refractivity contribution in [3.63, 3.8) is 0 Å². The number of carbonyl (C=O) groups excluding carboxylic acids is 2. The molecule has 0 N–H and O–H groups in total. The lowest BCUT2D eigenvalue weighted by molar-refractivity contribution is -0.155. The van der Waals surface area contributed by atoms with E-state index >= 15 is 0 Å². The third-order valence-corrected chi connectivity index (χ3v) is 1.85. The van der Waals surface area contributed by atoms with Crippen LogP contribution in [-0.4, -0.2) is 19.0 Å². The predicted molar refractivity (Wildman–Crippen MR) is 53.1 cm³/mol. The molecule has 5 nitrogen and oxygen atoms in total. The summed E-state index contributed by atoms with van der Waals surface area (Å²) >= 11 is 0. The molecule has 5 heteroatoms. The smallest absolute Gasteiger partial charge is 0.366 e. The van der Waals surface area contributed by atoms with E-state index in [4.69, 9.17) is 9.47 Å². The number of hydrogen-bond acceptors (Lipinski definition) is 4. The zero-order valence-electron chi connectivity index (χ0n) is 8.76. The number of methoxy groups -OCH3 is 1. The summed E-state index contributed by atoms with van der Waals surface area (Å²) in [7, 11) is 1.55. The first-order chi connectivity index (χ1) is 7.61. The second-order valence-corrected chi connectivity index (χ2v) is 3.06. The van der Waals surface area contributed by atoms with E-state index in [1.165, 1.54) is 0 Å². The van der Waals surface area contributed by atoms with Crippen molar-refractivity contribution >= 4 is 11.9 Å². The standard InChI is InChI=1S/C11H11O5/c1-15-9-4-2-8(3-5-9)7-16-11(14)6-10(12)13/h2-5H,6-7H2,1H3. The van der Waals surface area contributed by atoms with Crippen LogP contribution in [0, 0.1) is 0 Å². The zero-order valence-corrected chi connectivity index (χ0v) is 8.76. The monoisotopic (exact) mass is 223 g/mol. The molecule has 16 heavy (non-hydrogen) atoms. The minimum absolute atomic E-state index is 0.0378. The minimum Gasteiger partial charge on any atom is -0.497 e. The molecule has 0 aliphatic carbocycles. The summed E-state index contributed by atoms with van der Waals surface area (Å²) in [5.74, 6) is -1.56. The van der Waals surface area contributed by atoms with Gasteiger partial charge >= 0.3 is 11.9 Å². The number of benzene rings is 1. The van der Waals surface area contributed by atoms with E-state index in [-0.39, 0.29) is 6.61 Å². The normalized spacial score (nSPS) is 9.56. The highest BCUT2D eigenvalue weighted by molar-refractivity contribution is 5.89. The van der Waals surface area contributed by atoms with Crippen molar-refractivity contribution in [3.05, 3.63) is 29.8 Å². The van der Waals surface area contributed by atoms with Gasteiger partial charge in [-0.15, -0.1) is 0 Å². The second kappa shape index (κ2) is 5.75. The Hall–Kier alpha value is -2.04. The van der Waals surface area contributed by atoms with E-state index in [2.05, 4.69) is 0 Å². The van der Waals surface area contributed by atoms with Gasteiger partial charge in [0.25, 0.3) is 0 Å². The van der Waals surface area contributed by atoms with Gasteiger partial charge in [-0.3, -0.25) is 4.79 Å². The van der Waals surface area contributed by atoms with E-state index < -0.39 is 18.4 Å². The van der Waals surface area contributed by atoms with E-state index in [1.807, 2.05) is 0 Å². The number of esters is 1. The van der Waals surface area contributed by atoms with Crippen LogP contribution in [0.3, 0.4) is 0 Å². The first-order valence-corrected chi connectivity index (χ1v) is 4.60. The number of carbonyl (C=O) groups is 2. The zero-order chi connectivity index (χ0) is 12.0. The van der Waals surface area contributed by atoms with Crippen LogP contribution in [0.15, 0.2) is 24.3 Å². The fourth-order valence-electron chi connectivity index (χ4n) is 1.05. The molecule has 1 aromatic carbocycles. The van der Waals surface area contributed by atoms with E-state index in [0.29, 0.717) is 5.75 Å². The van der Waals surface area contributed by atoms with Gasteiger partial charge in [-0.1, -0.05) is 12.1 Å². The molecule has 0 heterocycles. The number of hydrogen-bond donors (Lipinski definition) is 0. The summed E-state index contributed by atoms with van der Waals surface area (Å²) in [5.41, 5.74) is 0.757. The molecule has 0 atom stereocenters. The average Bonchev–Trinajstić information content (AvgIpc) is 2.26. The lowest BCUT2D eigenvalue weighted by Crippen LogP contribution is -2.09. The summed E-state index contributed by atoms with van der Waals surface area (Å²) < 4.78 is 9.67. The Morgan fingerprint density at radius 3 is 2.31 bits per heavy atom. The van der Waals surface area contributed by atoms with Crippen LogP contribution >= 0.6 is 0 Å². The minimum atomic E-state index is -1.44. The van der Waals surface area contributed by atoms with Crippen LogP contribution in [0.4, 0.5) is 0 Å². The topological polar surface area (TPSA) is 72.5 Å². The molecule has 0 unspecified atom stereocenters. The molecule has 0 aromatic heterocycles. The Balaban J connectivity index is 2.42. The van der Waals surface area contributed by atoms with E-state index in [9.17, 15) is 14.7 Å². The largest absolute Gasteiger partial charge is 0.497 e. The molecule has 0 spiro atoms. The van der Waals surface area contributed by atoms with E-state index in [0.717, 1.165) is 5.56 Å². The molecule has 1 radical (unpaired) electrons. The van der Waals surface area contributed by atoms with Gasteiger partial charge in [-0.2, -0.15) is 0 Å². The highest BCUT2D eigenvalue weighted by Crippen LogP contribution is 2.12. The summed E-state index contributed by atoms with van der Waals surface area (Å²) in [6.45, 7) is 0.0378. The molecule has 1 rings (SSSR count). The highest BCUT2D eigenvalue weighted by Gasteiger charge is 2.10. The Kier molecular flexibility index (Phi) is 4.32. The van der Waals surface area contributed by atoms with Gasteiger partial charge in [0.2, 0.25) is 0 Å². The number of ether oxygens (including phenoxy) is 2. The summed E-state index contributed by atoms with van der Waals surface area (Å²) in [4.78, 5) is 21.0. The molecule has 0 amide bonds. The van der Waals surface area contributed by atoms with Crippen molar-refractivity contribution < 1.29 is 24.2 Å². The molecule has 1 aromatic rings. The van der Waals surface area contributed by atoms with Crippen molar-refractivity contribution in [1.82, 2.24) is 0 Å². The van der Waals surface area contributed by atoms with Crippen molar-refractivity contribution in [2.45, 2.75) is 13.0 Å². The van der Waals surface area contributed by atoms with Crippen LogP contribution in [-0.2, 0) is 26.0 Å². The van der Waals surface area contributed by atoms with Crippen LogP contribution < -0.4 is 4.74 Å². The Morgan fingerprint density at radius 1 is 1.19 bits per heavy atom. The molecule has 0 fully saturated rings. The third kappa shape index (κ3) is 4.00. The Morgan fingerprint density at radius 2 is 1.81 bits per heavy atom. The maximum absolute atomic E-state index is 10.9. The maximum Gasteiger partial charge on any atom is 0.366 e. The fourth-order valence-corrected chi connectivity index (χ4v) is 1.05. The molecule has 0 aliphatic heterocycles. The molecule has 0 bridgehead atoms. The summed E-state index contributed by atoms with van der Waals surface area (Å²) in [6.07, 6.45) is -0.726. The molecular formula is C11H11O5.